The minimum absolute atomic E-state index is 0.103. The van der Waals surface area contributed by atoms with Gasteiger partial charge in [0.05, 0.1) is 0 Å². The van der Waals surface area contributed by atoms with Gasteiger partial charge in [0.15, 0.2) is 0 Å². The van der Waals surface area contributed by atoms with Crippen LogP contribution in [0.3, 0.4) is 0 Å². The van der Waals surface area contributed by atoms with Crippen LogP contribution in [0.25, 0.3) is 0 Å². The summed E-state index contributed by atoms with van der Waals surface area (Å²) < 4.78 is 5.26. The van der Waals surface area contributed by atoms with Crippen LogP contribution in [0.5, 0.6) is 0 Å². The predicted molar refractivity (Wildman–Crippen MR) is 82.1 cm³/mol. The van der Waals surface area contributed by atoms with Gasteiger partial charge < -0.3 is 20.3 Å². The van der Waals surface area contributed by atoms with Gasteiger partial charge >= 0.3 is 6.09 Å². The number of nitrogens with zero attached hydrogens (tertiary/aromatic N) is 1. The van der Waals surface area contributed by atoms with Gasteiger partial charge in [0, 0.05) is 38.6 Å². The summed E-state index contributed by atoms with van der Waals surface area (Å²) in [4.78, 5) is 25.4. The molecule has 1 aliphatic heterocycles. The SMILES string of the molecule is CCNC(=O)CCN1CCC(NC(=O)OC(C)(C)C)CC1. The number of ether oxygens (including phenoxy) is 1. The number of hydrogen-bond donors (Lipinski definition) is 2. The van der Waals surface area contributed by atoms with Crippen molar-refractivity contribution in [2.24, 2.45) is 0 Å². The molecule has 1 aliphatic rings. The van der Waals surface area contributed by atoms with Crippen molar-refractivity contribution in [1.29, 1.82) is 0 Å². The Bertz CT molecular complexity index is 345. The molecule has 0 bridgehead atoms. The molecule has 21 heavy (non-hydrogen) atoms. The lowest BCUT2D eigenvalue weighted by Gasteiger charge is -2.32. The molecule has 1 saturated heterocycles. The Kier molecular flexibility index (Phi) is 6.95. The van der Waals surface area contributed by atoms with Crippen molar-refractivity contribution >= 4 is 12.0 Å². The van der Waals surface area contributed by atoms with Crippen molar-refractivity contribution in [2.45, 2.75) is 58.6 Å². The molecule has 0 aromatic heterocycles. The van der Waals surface area contributed by atoms with Crippen molar-refractivity contribution < 1.29 is 14.3 Å². The van der Waals surface area contributed by atoms with Gasteiger partial charge in [0.2, 0.25) is 5.91 Å². The molecule has 0 radical (unpaired) electrons. The standard InChI is InChI=1S/C15H29N3O3/c1-5-16-13(19)8-11-18-9-6-12(7-10-18)17-14(20)21-15(2,3)4/h12H,5-11H2,1-4H3,(H,16,19)(H,17,20). The third kappa shape index (κ3) is 7.90. The molecule has 0 atom stereocenters. The van der Waals surface area contributed by atoms with Crippen molar-refractivity contribution in [3.8, 4) is 0 Å². The van der Waals surface area contributed by atoms with Crippen LogP contribution in [-0.4, -0.2) is 54.7 Å². The molecule has 2 N–H and O–H groups in total. The quantitative estimate of drug-likeness (QED) is 0.807. The van der Waals surface area contributed by atoms with E-state index in [2.05, 4.69) is 15.5 Å². The van der Waals surface area contributed by atoms with Crippen LogP contribution >= 0.6 is 0 Å². The molecular weight excluding hydrogens is 270 g/mol. The minimum atomic E-state index is -0.461. The Morgan fingerprint density at radius 1 is 1.24 bits per heavy atom. The number of nitrogens with one attached hydrogen (secondary N) is 2. The second-order valence-electron chi connectivity index (χ2n) is 6.47. The van der Waals surface area contributed by atoms with Crippen LogP contribution in [0.2, 0.25) is 0 Å². The normalized spacial score (nSPS) is 17.3. The highest BCUT2D eigenvalue weighted by Crippen LogP contribution is 2.12. The number of carbonyl (C=O) groups is 2. The molecule has 0 aromatic rings. The Morgan fingerprint density at radius 2 is 1.86 bits per heavy atom. The molecule has 0 unspecified atom stereocenters. The maximum absolute atomic E-state index is 11.7. The highest BCUT2D eigenvalue weighted by Gasteiger charge is 2.23. The fourth-order valence-corrected chi connectivity index (χ4v) is 2.32. The van der Waals surface area contributed by atoms with E-state index < -0.39 is 5.60 Å². The molecule has 1 rings (SSSR count). The topological polar surface area (TPSA) is 70.7 Å². The monoisotopic (exact) mass is 299 g/mol. The van der Waals surface area contributed by atoms with E-state index in [4.69, 9.17) is 4.74 Å². The molecule has 122 valence electrons. The lowest BCUT2D eigenvalue weighted by molar-refractivity contribution is -0.121. The second-order valence-corrected chi connectivity index (χ2v) is 6.47. The molecule has 1 heterocycles. The average Bonchev–Trinajstić information content (AvgIpc) is 2.36. The Balaban J connectivity index is 2.20. The first-order valence-electron chi connectivity index (χ1n) is 7.78. The van der Waals surface area contributed by atoms with E-state index in [1.54, 1.807) is 0 Å². The fourth-order valence-electron chi connectivity index (χ4n) is 2.32. The largest absolute Gasteiger partial charge is 0.444 e. The van der Waals surface area contributed by atoms with Crippen molar-refractivity contribution in [1.82, 2.24) is 15.5 Å². The maximum Gasteiger partial charge on any atom is 0.407 e. The fraction of sp³-hybridized carbons (Fsp3) is 0.867. The molecule has 0 aromatic carbocycles. The first-order chi connectivity index (χ1) is 9.80. The molecule has 2 amide bonds. The van der Waals surface area contributed by atoms with Crippen molar-refractivity contribution in [3.63, 3.8) is 0 Å². The second kappa shape index (κ2) is 8.22. The van der Waals surface area contributed by atoms with E-state index in [0.29, 0.717) is 13.0 Å². The summed E-state index contributed by atoms with van der Waals surface area (Å²) in [5.41, 5.74) is -0.461. The number of amides is 2. The van der Waals surface area contributed by atoms with Gasteiger partial charge in [-0.2, -0.15) is 0 Å². The van der Waals surface area contributed by atoms with Crippen LogP contribution in [-0.2, 0) is 9.53 Å². The summed E-state index contributed by atoms with van der Waals surface area (Å²) in [5, 5.41) is 5.72. The van der Waals surface area contributed by atoms with Gasteiger partial charge in [-0.15, -0.1) is 0 Å². The highest BCUT2D eigenvalue weighted by molar-refractivity contribution is 5.75. The predicted octanol–water partition coefficient (Wildman–Crippen LogP) is 1.50. The van der Waals surface area contributed by atoms with Crippen LogP contribution < -0.4 is 10.6 Å². The van der Waals surface area contributed by atoms with E-state index in [1.165, 1.54) is 0 Å². The van der Waals surface area contributed by atoms with Gasteiger partial charge in [-0.1, -0.05) is 0 Å². The number of piperidine rings is 1. The zero-order chi connectivity index (χ0) is 15.9. The van der Waals surface area contributed by atoms with Crippen molar-refractivity contribution in [2.75, 3.05) is 26.2 Å². The van der Waals surface area contributed by atoms with Gasteiger partial charge in [-0.3, -0.25) is 4.79 Å². The zero-order valence-electron chi connectivity index (χ0n) is 13.7. The third-order valence-electron chi connectivity index (χ3n) is 3.34. The van der Waals surface area contributed by atoms with Gasteiger partial charge in [0.25, 0.3) is 0 Å². The summed E-state index contributed by atoms with van der Waals surface area (Å²) in [7, 11) is 0. The lowest BCUT2D eigenvalue weighted by Crippen LogP contribution is -2.46. The van der Waals surface area contributed by atoms with E-state index >= 15 is 0 Å². The first-order valence-corrected chi connectivity index (χ1v) is 7.78. The van der Waals surface area contributed by atoms with E-state index in [1.807, 2.05) is 27.7 Å². The van der Waals surface area contributed by atoms with E-state index in [9.17, 15) is 9.59 Å². The number of hydrogen-bond acceptors (Lipinski definition) is 4. The van der Waals surface area contributed by atoms with Crippen LogP contribution in [0.1, 0.15) is 47.0 Å². The maximum atomic E-state index is 11.7. The van der Waals surface area contributed by atoms with Crippen LogP contribution in [0.4, 0.5) is 4.79 Å². The smallest absolute Gasteiger partial charge is 0.407 e. The molecule has 6 nitrogen and oxygen atoms in total. The average molecular weight is 299 g/mol. The molecule has 1 fully saturated rings. The number of carbonyl (C=O) groups excluding carboxylic acids is 2. The van der Waals surface area contributed by atoms with Gasteiger partial charge in [0.1, 0.15) is 5.60 Å². The summed E-state index contributed by atoms with van der Waals surface area (Å²) in [6.45, 7) is 10.8. The van der Waals surface area contributed by atoms with Crippen molar-refractivity contribution in [3.05, 3.63) is 0 Å². The Morgan fingerprint density at radius 3 is 2.38 bits per heavy atom. The summed E-state index contributed by atoms with van der Waals surface area (Å²) in [6.07, 6.45) is 1.99. The highest BCUT2D eigenvalue weighted by atomic mass is 16.6. The van der Waals surface area contributed by atoms with Gasteiger partial charge in [-0.25, -0.2) is 4.79 Å². The molecule has 6 heteroatoms. The van der Waals surface area contributed by atoms with Gasteiger partial charge in [-0.05, 0) is 40.5 Å². The van der Waals surface area contributed by atoms with E-state index in [0.717, 1.165) is 32.5 Å². The Labute approximate surface area is 127 Å². The zero-order valence-corrected chi connectivity index (χ0v) is 13.7. The number of likely N-dealkylation sites (tertiary alicyclic amines) is 1. The first kappa shape index (κ1) is 17.8. The Hall–Kier alpha value is -1.30. The third-order valence-corrected chi connectivity index (χ3v) is 3.34. The summed E-state index contributed by atoms with van der Waals surface area (Å²) >= 11 is 0. The lowest BCUT2D eigenvalue weighted by atomic mass is 10.1. The molecule has 0 aliphatic carbocycles. The van der Waals surface area contributed by atoms with E-state index in [-0.39, 0.29) is 18.0 Å². The summed E-state index contributed by atoms with van der Waals surface area (Å²) in [5.74, 6) is 0.103. The molecule has 0 spiro atoms. The van der Waals surface area contributed by atoms with Crippen LogP contribution in [0.15, 0.2) is 0 Å². The number of alkyl carbamates (subject to hydrolysis) is 1. The minimum Gasteiger partial charge on any atom is -0.444 e. The summed E-state index contributed by atoms with van der Waals surface area (Å²) in [6, 6.07) is 0.167. The molecule has 0 saturated carbocycles. The molecular formula is C15H29N3O3. The van der Waals surface area contributed by atoms with Crippen LogP contribution in [0, 0.1) is 0 Å². The number of rotatable bonds is 5.